The lowest BCUT2D eigenvalue weighted by Crippen LogP contribution is -2.56. The second kappa shape index (κ2) is 3.13. The fourth-order valence-corrected chi connectivity index (χ4v) is 1.97. The Morgan fingerprint density at radius 1 is 1.54 bits per heavy atom. The Bertz CT molecular complexity index is 192. The highest BCUT2D eigenvalue weighted by Crippen LogP contribution is 2.45. The largest absolute Gasteiger partial charge is 0.406 e. The SMILES string of the molecule is CN1CCC(CN)C1(C)C(F)(F)F. The van der Waals surface area contributed by atoms with Gasteiger partial charge in [-0.2, -0.15) is 13.2 Å². The molecule has 0 aromatic rings. The third kappa shape index (κ3) is 1.44. The van der Waals surface area contributed by atoms with Crippen LogP contribution in [0.25, 0.3) is 0 Å². The third-order valence-electron chi connectivity index (χ3n) is 3.26. The Morgan fingerprint density at radius 2 is 2.08 bits per heavy atom. The van der Waals surface area contributed by atoms with Crippen molar-refractivity contribution in [2.24, 2.45) is 11.7 Å². The van der Waals surface area contributed by atoms with Gasteiger partial charge in [0.2, 0.25) is 0 Å². The summed E-state index contributed by atoms with van der Waals surface area (Å²) in [7, 11) is 1.50. The zero-order chi connectivity index (χ0) is 10.3. The lowest BCUT2D eigenvalue weighted by Gasteiger charge is -2.38. The van der Waals surface area contributed by atoms with Crippen LogP contribution >= 0.6 is 0 Å². The molecule has 2 atom stereocenters. The molecule has 1 rings (SSSR count). The van der Waals surface area contributed by atoms with Crippen LogP contribution in [0.1, 0.15) is 13.3 Å². The highest BCUT2D eigenvalue weighted by atomic mass is 19.4. The van der Waals surface area contributed by atoms with Crippen molar-refractivity contribution in [1.82, 2.24) is 4.90 Å². The van der Waals surface area contributed by atoms with Crippen molar-refractivity contribution in [3.05, 3.63) is 0 Å². The van der Waals surface area contributed by atoms with Crippen molar-refractivity contribution in [1.29, 1.82) is 0 Å². The van der Waals surface area contributed by atoms with Crippen LogP contribution in [0.5, 0.6) is 0 Å². The Balaban J connectivity index is 2.95. The fraction of sp³-hybridized carbons (Fsp3) is 1.00. The normalized spacial score (nSPS) is 36.9. The molecule has 0 aliphatic carbocycles. The van der Waals surface area contributed by atoms with E-state index >= 15 is 0 Å². The van der Waals surface area contributed by atoms with E-state index in [0.717, 1.165) is 0 Å². The van der Waals surface area contributed by atoms with E-state index < -0.39 is 17.6 Å². The van der Waals surface area contributed by atoms with E-state index in [1.807, 2.05) is 0 Å². The number of nitrogens with two attached hydrogens (primary N) is 1. The number of nitrogens with zero attached hydrogens (tertiary/aromatic N) is 1. The maximum absolute atomic E-state index is 12.7. The molecule has 0 aromatic carbocycles. The fourth-order valence-electron chi connectivity index (χ4n) is 1.97. The molecule has 5 heteroatoms. The van der Waals surface area contributed by atoms with Crippen LogP contribution in [0.4, 0.5) is 13.2 Å². The summed E-state index contributed by atoms with van der Waals surface area (Å²) < 4.78 is 38.2. The summed E-state index contributed by atoms with van der Waals surface area (Å²) in [5.41, 5.74) is 3.61. The van der Waals surface area contributed by atoms with Crippen molar-refractivity contribution in [2.45, 2.75) is 25.1 Å². The third-order valence-corrected chi connectivity index (χ3v) is 3.26. The standard InChI is InChI=1S/C8H15F3N2/c1-7(8(9,10)11)6(5-12)3-4-13(7)2/h6H,3-5,12H2,1-2H3. The van der Waals surface area contributed by atoms with Crippen molar-refractivity contribution in [3.8, 4) is 0 Å². The predicted octanol–water partition coefficient (Wildman–Crippen LogP) is 1.22. The van der Waals surface area contributed by atoms with Gasteiger partial charge in [0, 0.05) is 0 Å². The molecule has 0 aromatic heterocycles. The Labute approximate surface area is 75.9 Å². The Kier molecular flexibility index (Phi) is 2.60. The lowest BCUT2D eigenvalue weighted by atomic mass is 9.86. The molecule has 1 heterocycles. The summed E-state index contributed by atoms with van der Waals surface area (Å²) in [6, 6.07) is 0. The monoisotopic (exact) mass is 196 g/mol. The van der Waals surface area contributed by atoms with Crippen LogP contribution in [-0.4, -0.2) is 36.8 Å². The molecule has 1 aliphatic rings. The maximum Gasteiger partial charge on any atom is 0.406 e. The highest BCUT2D eigenvalue weighted by Gasteiger charge is 2.60. The first-order chi connectivity index (χ1) is 5.84. The molecule has 0 radical (unpaired) electrons. The van der Waals surface area contributed by atoms with Crippen LogP contribution in [-0.2, 0) is 0 Å². The number of alkyl halides is 3. The summed E-state index contributed by atoms with van der Waals surface area (Å²) in [6.45, 7) is 1.80. The molecule has 0 amide bonds. The molecule has 2 nitrogen and oxygen atoms in total. The number of hydrogen-bond acceptors (Lipinski definition) is 2. The predicted molar refractivity (Wildman–Crippen MR) is 44.3 cm³/mol. The quantitative estimate of drug-likeness (QED) is 0.683. The average molecular weight is 196 g/mol. The first kappa shape index (κ1) is 10.8. The second-order valence-corrected chi connectivity index (χ2v) is 3.79. The molecule has 1 saturated heterocycles. The van der Waals surface area contributed by atoms with Gasteiger partial charge in [-0.1, -0.05) is 0 Å². The number of halogens is 3. The summed E-state index contributed by atoms with van der Waals surface area (Å²) >= 11 is 0. The summed E-state index contributed by atoms with van der Waals surface area (Å²) in [5.74, 6) is -0.475. The minimum Gasteiger partial charge on any atom is -0.330 e. The minimum absolute atomic E-state index is 0.0976. The molecule has 0 saturated carbocycles. The molecule has 0 bridgehead atoms. The van der Waals surface area contributed by atoms with Gasteiger partial charge in [-0.3, -0.25) is 4.90 Å². The summed E-state index contributed by atoms with van der Waals surface area (Å²) in [4.78, 5) is 1.35. The van der Waals surface area contributed by atoms with Crippen LogP contribution in [0.15, 0.2) is 0 Å². The van der Waals surface area contributed by atoms with E-state index in [0.29, 0.717) is 13.0 Å². The average Bonchev–Trinajstić information content (AvgIpc) is 2.29. The van der Waals surface area contributed by atoms with Crippen molar-refractivity contribution < 1.29 is 13.2 Å². The molecular weight excluding hydrogens is 181 g/mol. The zero-order valence-electron chi connectivity index (χ0n) is 7.86. The van der Waals surface area contributed by atoms with E-state index in [1.54, 1.807) is 0 Å². The van der Waals surface area contributed by atoms with Crippen LogP contribution in [0.3, 0.4) is 0 Å². The van der Waals surface area contributed by atoms with E-state index in [2.05, 4.69) is 0 Å². The van der Waals surface area contributed by atoms with Crippen molar-refractivity contribution >= 4 is 0 Å². The molecule has 1 aliphatic heterocycles. The number of rotatable bonds is 1. The van der Waals surface area contributed by atoms with Crippen LogP contribution in [0.2, 0.25) is 0 Å². The van der Waals surface area contributed by atoms with Crippen LogP contribution in [0, 0.1) is 5.92 Å². The van der Waals surface area contributed by atoms with Gasteiger partial charge in [0.15, 0.2) is 0 Å². The lowest BCUT2D eigenvalue weighted by molar-refractivity contribution is -0.224. The van der Waals surface area contributed by atoms with Crippen molar-refractivity contribution in [2.75, 3.05) is 20.1 Å². The molecule has 2 unspecified atom stereocenters. The number of hydrogen-bond donors (Lipinski definition) is 1. The second-order valence-electron chi connectivity index (χ2n) is 3.79. The first-order valence-corrected chi connectivity index (χ1v) is 4.32. The molecule has 78 valence electrons. The van der Waals surface area contributed by atoms with Crippen molar-refractivity contribution in [3.63, 3.8) is 0 Å². The van der Waals surface area contributed by atoms with Gasteiger partial charge in [0.25, 0.3) is 0 Å². The van der Waals surface area contributed by atoms with Gasteiger partial charge < -0.3 is 5.73 Å². The van der Waals surface area contributed by atoms with Gasteiger partial charge in [0.05, 0.1) is 0 Å². The van der Waals surface area contributed by atoms with E-state index in [-0.39, 0.29) is 6.54 Å². The molecule has 0 spiro atoms. The number of likely N-dealkylation sites (tertiary alicyclic amines) is 1. The van der Waals surface area contributed by atoms with E-state index in [9.17, 15) is 13.2 Å². The van der Waals surface area contributed by atoms with Gasteiger partial charge in [-0.15, -0.1) is 0 Å². The Morgan fingerprint density at radius 3 is 2.38 bits per heavy atom. The van der Waals surface area contributed by atoms with E-state index in [4.69, 9.17) is 5.73 Å². The van der Waals surface area contributed by atoms with E-state index in [1.165, 1.54) is 18.9 Å². The molecular formula is C8H15F3N2. The summed E-state index contributed by atoms with van der Waals surface area (Å²) in [5, 5.41) is 0. The maximum atomic E-state index is 12.7. The van der Waals surface area contributed by atoms with Gasteiger partial charge >= 0.3 is 6.18 Å². The molecule has 2 N–H and O–H groups in total. The highest BCUT2D eigenvalue weighted by molar-refractivity contribution is 5.02. The molecule has 13 heavy (non-hydrogen) atoms. The first-order valence-electron chi connectivity index (χ1n) is 4.32. The topological polar surface area (TPSA) is 29.3 Å². The Hall–Kier alpha value is -0.290. The summed E-state index contributed by atoms with van der Waals surface area (Å²) in [6.07, 6.45) is -3.66. The minimum atomic E-state index is -4.19. The molecule has 1 fully saturated rings. The van der Waals surface area contributed by atoms with Gasteiger partial charge in [-0.05, 0) is 39.4 Å². The van der Waals surface area contributed by atoms with Gasteiger partial charge in [0.1, 0.15) is 5.54 Å². The smallest absolute Gasteiger partial charge is 0.330 e. The zero-order valence-corrected chi connectivity index (χ0v) is 7.86. The van der Waals surface area contributed by atoms with Crippen LogP contribution < -0.4 is 5.73 Å². The van der Waals surface area contributed by atoms with Gasteiger partial charge in [-0.25, -0.2) is 0 Å².